The van der Waals surface area contributed by atoms with E-state index >= 15 is 0 Å². The van der Waals surface area contributed by atoms with Gasteiger partial charge in [0.1, 0.15) is 12.2 Å². The van der Waals surface area contributed by atoms with E-state index in [-0.39, 0.29) is 24.2 Å². The van der Waals surface area contributed by atoms with Crippen molar-refractivity contribution in [3.05, 3.63) is 36.0 Å². The monoisotopic (exact) mass is 288 g/mol. The van der Waals surface area contributed by atoms with Crippen molar-refractivity contribution in [2.75, 3.05) is 0 Å². The molecule has 2 rings (SSSR count). The summed E-state index contributed by atoms with van der Waals surface area (Å²) in [5.74, 6) is -1.19. The predicted molar refractivity (Wildman–Crippen MR) is 81.4 cm³/mol. The van der Waals surface area contributed by atoms with Crippen molar-refractivity contribution in [2.45, 2.75) is 39.3 Å². The summed E-state index contributed by atoms with van der Waals surface area (Å²) in [5.41, 5.74) is 0.894. The number of fused-ring (bicyclic) bond motifs is 1. The van der Waals surface area contributed by atoms with Gasteiger partial charge in [0.2, 0.25) is 5.91 Å². The highest BCUT2D eigenvalue weighted by molar-refractivity contribution is 5.95. The number of carboxylic acids is 1. The molecule has 2 N–H and O–H groups in total. The molecule has 0 aliphatic rings. The fourth-order valence-electron chi connectivity index (χ4n) is 2.47. The van der Waals surface area contributed by atoms with E-state index < -0.39 is 5.97 Å². The molecule has 0 atom stereocenters. The van der Waals surface area contributed by atoms with Crippen molar-refractivity contribution >= 4 is 22.8 Å². The molecule has 5 nitrogen and oxygen atoms in total. The first kappa shape index (κ1) is 15.1. The van der Waals surface area contributed by atoms with Crippen LogP contribution >= 0.6 is 0 Å². The van der Waals surface area contributed by atoms with Gasteiger partial charge in [-0.3, -0.25) is 4.79 Å². The predicted octanol–water partition coefficient (Wildman–Crippen LogP) is 2.64. The summed E-state index contributed by atoms with van der Waals surface area (Å²) >= 11 is 0. The van der Waals surface area contributed by atoms with Gasteiger partial charge in [0.15, 0.2) is 0 Å². The van der Waals surface area contributed by atoms with E-state index in [2.05, 4.69) is 5.32 Å². The Labute approximate surface area is 123 Å². The minimum Gasteiger partial charge on any atom is -0.477 e. The van der Waals surface area contributed by atoms with Crippen LogP contribution in [0.5, 0.6) is 0 Å². The molecular formula is C16H20N2O3. The van der Waals surface area contributed by atoms with Gasteiger partial charge < -0.3 is 15.0 Å². The van der Waals surface area contributed by atoms with Crippen molar-refractivity contribution < 1.29 is 14.7 Å². The summed E-state index contributed by atoms with van der Waals surface area (Å²) in [4.78, 5) is 23.5. The number of carbonyl (C=O) groups is 2. The van der Waals surface area contributed by atoms with Gasteiger partial charge in [0.05, 0.1) is 0 Å². The van der Waals surface area contributed by atoms with Gasteiger partial charge in [0, 0.05) is 16.9 Å². The maximum absolute atomic E-state index is 12.1. The van der Waals surface area contributed by atoms with Crippen LogP contribution in [0.15, 0.2) is 30.3 Å². The molecule has 0 bridgehead atoms. The zero-order valence-electron chi connectivity index (χ0n) is 12.3. The minimum atomic E-state index is -1.03. The topological polar surface area (TPSA) is 71.3 Å². The Morgan fingerprint density at radius 2 is 1.90 bits per heavy atom. The van der Waals surface area contributed by atoms with Crippen LogP contribution in [0.4, 0.5) is 0 Å². The Bertz CT molecular complexity index is 657. The highest BCUT2D eigenvalue weighted by Gasteiger charge is 2.17. The second-order valence-corrected chi connectivity index (χ2v) is 5.06. The third kappa shape index (κ3) is 3.24. The lowest BCUT2D eigenvalue weighted by Gasteiger charge is -2.16. The minimum absolute atomic E-state index is 0.0195. The molecular weight excluding hydrogens is 268 g/mol. The number of hydrogen-bond acceptors (Lipinski definition) is 2. The molecule has 0 saturated carbocycles. The Kier molecular flexibility index (Phi) is 4.62. The first-order valence-electron chi connectivity index (χ1n) is 7.17. The van der Waals surface area contributed by atoms with E-state index in [1.165, 1.54) is 0 Å². The molecule has 0 fully saturated rings. The zero-order valence-corrected chi connectivity index (χ0v) is 12.3. The Morgan fingerprint density at radius 3 is 2.52 bits per heavy atom. The standard InChI is InChI=1S/C16H20N2O3/c1-3-12(4-2)17-15(19)10-18-13-8-6-5-7-11(13)9-14(18)16(20)21/h5-9,12H,3-4,10H2,1-2H3,(H,17,19)(H,20,21). The molecule has 1 aromatic heterocycles. The summed E-state index contributed by atoms with van der Waals surface area (Å²) < 4.78 is 1.55. The third-order valence-electron chi connectivity index (χ3n) is 3.68. The van der Waals surface area contributed by atoms with Gasteiger partial charge in [-0.05, 0) is 25.0 Å². The summed E-state index contributed by atoms with van der Waals surface area (Å²) in [7, 11) is 0. The first-order chi connectivity index (χ1) is 10.1. The molecule has 1 amide bonds. The number of nitrogens with zero attached hydrogens (tertiary/aromatic N) is 1. The summed E-state index contributed by atoms with van der Waals surface area (Å²) in [6.07, 6.45) is 1.72. The molecule has 0 radical (unpaired) electrons. The quantitative estimate of drug-likeness (QED) is 0.858. The van der Waals surface area contributed by atoms with Crippen LogP contribution in [-0.2, 0) is 11.3 Å². The van der Waals surface area contributed by atoms with Gasteiger partial charge in [-0.15, -0.1) is 0 Å². The molecule has 0 spiro atoms. The molecule has 0 aliphatic carbocycles. The summed E-state index contributed by atoms with van der Waals surface area (Å²) in [6, 6.07) is 9.09. The van der Waals surface area contributed by atoms with Gasteiger partial charge in [-0.1, -0.05) is 32.0 Å². The number of amides is 1. The van der Waals surface area contributed by atoms with Crippen LogP contribution in [-0.4, -0.2) is 27.6 Å². The lowest BCUT2D eigenvalue weighted by atomic mass is 10.2. The molecule has 1 aromatic carbocycles. The number of carbonyl (C=O) groups excluding carboxylic acids is 1. The summed E-state index contributed by atoms with van der Waals surface area (Å²) in [5, 5.41) is 13.1. The van der Waals surface area contributed by atoms with E-state index in [1.54, 1.807) is 10.6 Å². The van der Waals surface area contributed by atoms with Crippen molar-refractivity contribution in [2.24, 2.45) is 0 Å². The average Bonchev–Trinajstić information content (AvgIpc) is 2.84. The van der Waals surface area contributed by atoms with E-state index in [0.29, 0.717) is 0 Å². The number of aromatic carboxylic acids is 1. The largest absolute Gasteiger partial charge is 0.477 e. The Balaban J connectivity index is 2.30. The smallest absolute Gasteiger partial charge is 0.352 e. The SMILES string of the molecule is CCC(CC)NC(=O)Cn1c(C(=O)O)cc2ccccc21. The van der Waals surface area contributed by atoms with Crippen LogP contribution in [0.1, 0.15) is 37.2 Å². The molecule has 0 unspecified atom stereocenters. The second-order valence-electron chi connectivity index (χ2n) is 5.06. The normalized spacial score (nSPS) is 11.0. The highest BCUT2D eigenvalue weighted by Crippen LogP contribution is 2.19. The maximum atomic E-state index is 12.1. The number of rotatable bonds is 6. The molecule has 21 heavy (non-hydrogen) atoms. The molecule has 1 heterocycles. The molecule has 0 saturated heterocycles. The molecule has 5 heteroatoms. The van der Waals surface area contributed by atoms with E-state index in [1.807, 2.05) is 38.1 Å². The van der Waals surface area contributed by atoms with Crippen LogP contribution in [0.2, 0.25) is 0 Å². The van der Waals surface area contributed by atoms with Crippen molar-refractivity contribution in [3.8, 4) is 0 Å². The van der Waals surface area contributed by atoms with Crippen molar-refractivity contribution in [3.63, 3.8) is 0 Å². The van der Waals surface area contributed by atoms with E-state index in [9.17, 15) is 14.7 Å². The van der Waals surface area contributed by atoms with Crippen LogP contribution in [0, 0.1) is 0 Å². The van der Waals surface area contributed by atoms with E-state index in [0.717, 1.165) is 23.7 Å². The Hall–Kier alpha value is -2.30. The van der Waals surface area contributed by atoms with E-state index in [4.69, 9.17) is 0 Å². The fraction of sp³-hybridized carbons (Fsp3) is 0.375. The van der Waals surface area contributed by atoms with Gasteiger partial charge in [0.25, 0.3) is 0 Å². The van der Waals surface area contributed by atoms with Gasteiger partial charge in [-0.2, -0.15) is 0 Å². The lowest BCUT2D eigenvalue weighted by Crippen LogP contribution is -2.36. The first-order valence-corrected chi connectivity index (χ1v) is 7.17. The zero-order chi connectivity index (χ0) is 15.4. The number of hydrogen-bond donors (Lipinski definition) is 2. The van der Waals surface area contributed by atoms with Gasteiger partial charge in [-0.25, -0.2) is 4.79 Å². The molecule has 112 valence electrons. The number of nitrogens with one attached hydrogen (secondary N) is 1. The molecule has 2 aromatic rings. The lowest BCUT2D eigenvalue weighted by molar-refractivity contribution is -0.122. The number of aromatic nitrogens is 1. The van der Waals surface area contributed by atoms with Crippen LogP contribution in [0.25, 0.3) is 10.9 Å². The second kappa shape index (κ2) is 6.43. The van der Waals surface area contributed by atoms with Crippen molar-refractivity contribution in [1.29, 1.82) is 0 Å². The average molecular weight is 288 g/mol. The van der Waals surface area contributed by atoms with Crippen LogP contribution < -0.4 is 5.32 Å². The Morgan fingerprint density at radius 1 is 1.24 bits per heavy atom. The number of carboxylic acid groups (broad SMARTS) is 1. The maximum Gasteiger partial charge on any atom is 0.352 e. The van der Waals surface area contributed by atoms with Crippen LogP contribution in [0.3, 0.4) is 0 Å². The van der Waals surface area contributed by atoms with Crippen molar-refractivity contribution in [1.82, 2.24) is 9.88 Å². The van der Waals surface area contributed by atoms with Gasteiger partial charge >= 0.3 is 5.97 Å². The number of benzene rings is 1. The third-order valence-corrected chi connectivity index (χ3v) is 3.68. The molecule has 0 aliphatic heterocycles. The fourth-order valence-corrected chi connectivity index (χ4v) is 2.47. The highest BCUT2D eigenvalue weighted by atomic mass is 16.4. The summed E-state index contributed by atoms with van der Waals surface area (Å²) in [6.45, 7) is 4.05. The number of para-hydroxylation sites is 1.